The van der Waals surface area contributed by atoms with Crippen LogP contribution in [0.4, 0.5) is 5.69 Å². The summed E-state index contributed by atoms with van der Waals surface area (Å²) in [6, 6.07) is 4.51. The number of benzene rings is 1. The highest BCUT2D eigenvalue weighted by atomic mass is 35.5. The van der Waals surface area contributed by atoms with E-state index in [0.29, 0.717) is 18.1 Å². The monoisotopic (exact) mass is 289 g/mol. The predicted molar refractivity (Wildman–Crippen MR) is 72.1 cm³/mol. The minimum atomic E-state index is -3.54. The Balaban J connectivity index is 2.33. The third kappa shape index (κ3) is 2.61. The first-order chi connectivity index (χ1) is 8.41. The number of rotatable bonds is 2. The molecular formula is C11H16ClN3O2S. The second kappa shape index (κ2) is 5.05. The number of hydrogen-bond donors (Lipinski definition) is 1. The van der Waals surface area contributed by atoms with Gasteiger partial charge in [0.25, 0.3) is 0 Å². The fourth-order valence-corrected chi connectivity index (χ4v) is 3.70. The Morgan fingerprint density at radius 2 is 1.83 bits per heavy atom. The SMILES string of the molecule is CN1CCN(S(=O)(=O)c2cc(Cl)ccc2N)CC1. The van der Waals surface area contributed by atoms with Crippen molar-refractivity contribution in [3.63, 3.8) is 0 Å². The van der Waals surface area contributed by atoms with Crippen LogP contribution in [0.15, 0.2) is 23.1 Å². The molecule has 100 valence electrons. The van der Waals surface area contributed by atoms with E-state index in [2.05, 4.69) is 4.90 Å². The zero-order valence-corrected chi connectivity index (χ0v) is 11.7. The molecule has 0 saturated carbocycles. The Labute approximate surface area is 112 Å². The Kier molecular flexibility index (Phi) is 3.82. The largest absolute Gasteiger partial charge is 0.398 e. The van der Waals surface area contributed by atoms with Crippen LogP contribution in [-0.4, -0.2) is 50.8 Å². The van der Waals surface area contributed by atoms with E-state index in [1.165, 1.54) is 16.4 Å². The van der Waals surface area contributed by atoms with Gasteiger partial charge in [-0.3, -0.25) is 0 Å². The van der Waals surface area contributed by atoms with Gasteiger partial charge in [0.1, 0.15) is 4.90 Å². The standard InChI is InChI=1S/C11H16ClN3O2S/c1-14-4-6-15(7-5-14)18(16,17)11-8-9(12)2-3-10(11)13/h2-3,8H,4-7,13H2,1H3. The van der Waals surface area contributed by atoms with Gasteiger partial charge in [0, 0.05) is 31.2 Å². The van der Waals surface area contributed by atoms with E-state index >= 15 is 0 Å². The van der Waals surface area contributed by atoms with Crippen molar-refractivity contribution in [3.8, 4) is 0 Å². The van der Waals surface area contributed by atoms with Crippen LogP contribution in [0.5, 0.6) is 0 Å². The lowest BCUT2D eigenvalue weighted by Crippen LogP contribution is -2.47. The molecule has 0 radical (unpaired) electrons. The number of likely N-dealkylation sites (N-methyl/N-ethyl adjacent to an activating group) is 1. The van der Waals surface area contributed by atoms with Crippen molar-refractivity contribution in [1.82, 2.24) is 9.21 Å². The van der Waals surface area contributed by atoms with Gasteiger partial charge in [0.05, 0.1) is 5.69 Å². The van der Waals surface area contributed by atoms with Crippen molar-refractivity contribution >= 4 is 27.3 Å². The highest BCUT2D eigenvalue weighted by Gasteiger charge is 2.29. The van der Waals surface area contributed by atoms with Crippen LogP contribution >= 0.6 is 11.6 Å². The first-order valence-electron chi connectivity index (χ1n) is 5.65. The number of nitrogens with two attached hydrogens (primary N) is 1. The molecule has 1 aromatic rings. The molecule has 0 amide bonds. The maximum absolute atomic E-state index is 12.4. The van der Waals surface area contributed by atoms with Crippen LogP contribution in [0, 0.1) is 0 Å². The van der Waals surface area contributed by atoms with E-state index in [-0.39, 0.29) is 10.6 Å². The van der Waals surface area contributed by atoms with Crippen molar-refractivity contribution in [1.29, 1.82) is 0 Å². The molecule has 1 heterocycles. The van der Waals surface area contributed by atoms with Crippen molar-refractivity contribution in [2.75, 3.05) is 39.0 Å². The van der Waals surface area contributed by atoms with Crippen molar-refractivity contribution < 1.29 is 8.42 Å². The van der Waals surface area contributed by atoms with Gasteiger partial charge in [-0.15, -0.1) is 0 Å². The summed E-state index contributed by atoms with van der Waals surface area (Å²) in [7, 11) is -1.57. The van der Waals surface area contributed by atoms with Gasteiger partial charge < -0.3 is 10.6 Å². The maximum atomic E-state index is 12.4. The van der Waals surface area contributed by atoms with Crippen LogP contribution in [0.3, 0.4) is 0 Å². The molecule has 2 rings (SSSR count). The molecule has 1 saturated heterocycles. The minimum absolute atomic E-state index is 0.0968. The molecule has 0 aromatic heterocycles. The lowest BCUT2D eigenvalue weighted by Gasteiger charge is -2.31. The lowest BCUT2D eigenvalue weighted by atomic mass is 10.3. The lowest BCUT2D eigenvalue weighted by molar-refractivity contribution is 0.222. The first kappa shape index (κ1) is 13.6. The normalized spacial score (nSPS) is 19.0. The highest BCUT2D eigenvalue weighted by Crippen LogP contribution is 2.26. The zero-order chi connectivity index (χ0) is 13.3. The molecule has 18 heavy (non-hydrogen) atoms. The number of sulfonamides is 1. The second-order valence-electron chi connectivity index (χ2n) is 4.39. The summed E-state index contributed by atoms with van der Waals surface area (Å²) in [5, 5.41) is 0.372. The summed E-state index contributed by atoms with van der Waals surface area (Å²) in [6.07, 6.45) is 0. The Hall–Kier alpha value is -0.820. The summed E-state index contributed by atoms with van der Waals surface area (Å²) in [5.41, 5.74) is 5.97. The Morgan fingerprint density at radius 3 is 2.44 bits per heavy atom. The van der Waals surface area contributed by atoms with E-state index < -0.39 is 10.0 Å². The third-order valence-corrected chi connectivity index (χ3v) is 5.25. The van der Waals surface area contributed by atoms with Gasteiger partial charge in [0.2, 0.25) is 10.0 Å². The summed E-state index contributed by atoms with van der Waals surface area (Å²) in [4.78, 5) is 2.19. The van der Waals surface area contributed by atoms with Gasteiger partial charge in [-0.25, -0.2) is 8.42 Å². The van der Waals surface area contributed by atoms with Crippen LogP contribution in [0.25, 0.3) is 0 Å². The highest BCUT2D eigenvalue weighted by molar-refractivity contribution is 7.89. The van der Waals surface area contributed by atoms with Gasteiger partial charge >= 0.3 is 0 Å². The molecule has 7 heteroatoms. The smallest absolute Gasteiger partial charge is 0.245 e. The summed E-state index contributed by atoms with van der Waals surface area (Å²) < 4.78 is 26.3. The van der Waals surface area contributed by atoms with Crippen molar-refractivity contribution in [2.24, 2.45) is 0 Å². The Morgan fingerprint density at radius 1 is 1.22 bits per heavy atom. The van der Waals surface area contributed by atoms with Crippen LogP contribution in [-0.2, 0) is 10.0 Å². The fourth-order valence-electron chi connectivity index (χ4n) is 1.90. The molecule has 0 unspecified atom stereocenters. The van der Waals surface area contributed by atoms with Gasteiger partial charge in [0.15, 0.2) is 0 Å². The van der Waals surface area contributed by atoms with Crippen LogP contribution < -0.4 is 5.73 Å². The number of anilines is 1. The minimum Gasteiger partial charge on any atom is -0.398 e. The van der Waals surface area contributed by atoms with E-state index in [9.17, 15) is 8.42 Å². The van der Waals surface area contributed by atoms with Gasteiger partial charge in [-0.2, -0.15) is 4.31 Å². The van der Waals surface area contributed by atoms with E-state index in [1.54, 1.807) is 6.07 Å². The van der Waals surface area contributed by atoms with Gasteiger partial charge in [-0.05, 0) is 25.2 Å². The summed E-state index contributed by atoms with van der Waals surface area (Å²) in [5.74, 6) is 0. The predicted octanol–water partition coefficient (Wildman–Crippen LogP) is 0.858. The van der Waals surface area contributed by atoms with E-state index in [1.807, 2.05) is 7.05 Å². The average molecular weight is 290 g/mol. The molecule has 1 aliphatic heterocycles. The first-order valence-corrected chi connectivity index (χ1v) is 7.47. The molecule has 1 aromatic carbocycles. The number of piperazine rings is 1. The molecule has 0 aliphatic carbocycles. The second-order valence-corrected chi connectivity index (χ2v) is 6.73. The molecule has 5 nitrogen and oxygen atoms in total. The molecule has 0 spiro atoms. The molecule has 1 fully saturated rings. The number of nitrogen functional groups attached to an aromatic ring is 1. The van der Waals surface area contributed by atoms with E-state index in [0.717, 1.165) is 13.1 Å². The molecule has 0 atom stereocenters. The fraction of sp³-hybridized carbons (Fsp3) is 0.455. The number of nitrogens with zero attached hydrogens (tertiary/aromatic N) is 2. The molecular weight excluding hydrogens is 274 g/mol. The summed E-state index contributed by atoms with van der Waals surface area (Å²) >= 11 is 5.84. The average Bonchev–Trinajstić information content (AvgIpc) is 2.32. The van der Waals surface area contributed by atoms with Crippen molar-refractivity contribution in [3.05, 3.63) is 23.2 Å². The molecule has 2 N–H and O–H groups in total. The van der Waals surface area contributed by atoms with Gasteiger partial charge in [-0.1, -0.05) is 11.6 Å². The number of hydrogen-bond acceptors (Lipinski definition) is 4. The Bertz CT molecular complexity index is 539. The number of halogens is 1. The zero-order valence-electron chi connectivity index (χ0n) is 10.1. The molecule has 0 bridgehead atoms. The van der Waals surface area contributed by atoms with Crippen molar-refractivity contribution in [2.45, 2.75) is 4.90 Å². The van der Waals surface area contributed by atoms with E-state index in [4.69, 9.17) is 17.3 Å². The summed E-state index contributed by atoms with van der Waals surface area (Å²) in [6.45, 7) is 2.40. The molecule has 1 aliphatic rings. The third-order valence-electron chi connectivity index (χ3n) is 3.06. The van der Waals surface area contributed by atoms with Crippen LogP contribution in [0.2, 0.25) is 5.02 Å². The quantitative estimate of drug-likeness (QED) is 0.820. The maximum Gasteiger partial charge on any atom is 0.245 e. The topological polar surface area (TPSA) is 66.6 Å². The van der Waals surface area contributed by atoms with Crippen LogP contribution in [0.1, 0.15) is 0 Å².